The van der Waals surface area contributed by atoms with Crippen molar-refractivity contribution in [2.45, 2.75) is 6.54 Å². The lowest BCUT2D eigenvalue weighted by Gasteiger charge is -2.10. The maximum absolute atomic E-state index is 13.8. The summed E-state index contributed by atoms with van der Waals surface area (Å²) >= 11 is 5.90. The minimum atomic E-state index is -1.06. The molecule has 112 valence electrons. The molecule has 2 N–H and O–H groups in total. The number of halogens is 3. The van der Waals surface area contributed by atoms with E-state index >= 15 is 0 Å². The van der Waals surface area contributed by atoms with Crippen LogP contribution in [0.2, 0.25) is 5.02 Å². The molecular formula is C16H11ClF2N2O. The zero-order chi connectivity index (χ0) is 15.7. The van der Waals surface area contributed by atoms with Gasteiger partial charge in [-0.15, -0.1) is 0 Å². The Morgan fingerprint density at radius 2 is 1.95 bits per heavy atom. The summed E-state index contributed by atoms with van der Waals surface area (Å²) in [5.74, 6) is -2.05. The normalized spacial score (nSPS) is 10.9. The number of benzene rings is 2. The SMILES string of the molecule is O=c1cc(CNc2cccc(Cl)c2)c2ccc(F)c(F)c2[nH]1. The lowest BCUT2D eigenvalue weighted by atomic mass is 10.1. The summed E-state index contributed by atoms with van der Waals surface area (Å²) in [6.07, 6.45) is 0. The highest BCUT2D eigenvalue weighted by atomic mass is 35.5. The molecule has 0 aliphatic rings. The van der Waals surface area contributed by atoms with Crippen LogP contribution >= 0.6 is 11.6 Å². The molecule has 0 bridgehead atoms. The molecule has 0 unspecified atom stereocenters. The number of H-pyrrole nitrogens is 1. The van der Waals surface area contributed by atoms with Crippen LogP contribution in [-0.4, -0.2) is 4.98 Å². The van der Waals surface area contributed by atoms with Crippen LogP contribution in [0.5, 0.6) is 0 Å². The van der Waals surface area contributed by atoms with Gasteiger partial charge in [-0.25, -0.2) is 8.78 Å². The van der Waals surface area contributed by atoms with Crippen molar-refractivity contribution in [2.24, 2.45) is 0 Å². The van der Waals surface area contributed by atoms with Crippen molar-refractivity contribution < 1.29 is 8.78 Å². The van der Waals surface area contributed by atoms with Crippen molar-refractivity contribution in [3.63, 3.8) is 0 Å². The molecule has 0 fully saturated rings. The first kappa shape index (κ1) is 14.5. The van der Waals surface area contributed by atoms with Crippen LogP contribution in [-0.2, 0) is 6.54 Å². The number of aromatic nitrogens is 1. The summed E-state index contributed by atoms with van der Waals surface area (Å²) in [4.78, 5) is 14.0. The number of rotatable bonds is 3. The van der Waals surface area contributed by atoms with E-state index in [0.717, 1.165) is 11.8 Å². The molecule has 3 rings (SSSR count). The van der Waals surface area contributed by atoms with Gasteiger partial charge in [0.05, 0.1) is 5.52 Å². The van der Waals surface area contributed by atoms with Crippen LogP contribution in [0.4, 0.5) is 14.5 Å². The molecule has 0 aliphatic heterocycles. The Morgan fingerprint density at radius 1 is 1.14 bits per heavy atom. The zero-order valence-electron chi connectivity index (χ0n) is 11.3. The second-order valence-electron chi connectivity index (χ2n) is 4.81. The van der Waals surface area contributed by atoms with Crippen molar-refractivity contribution in [1.29, 1.82) is 0 Å². The minimum Gasteiger partial charge on any atom is -0.381 e. The first-order valence-corrected chi connectivity index (χ1v) is 6.92. The number of anilines is 1. The molecule has 1 aromatic heterocycles. The van der Waals surface area contributed by atoms with Gasteiger partial charge in [0.15, 0.2) is 11.6 Å². The summed E-state index contributed by atoms with van der Waals surface area (Å²) in [6, 6.07) is 10.9. The number of nitrogens with one attached hydrogen (secondary N) is 2. The van der Waals surface area contributed by atoms with Crippen LogP contribution < -0.4 is 10.9 Å². The highest BCUT2D eigenvalue weighted by Crippen LogP contribution is 2.22. The summed E-state index contributed by atoms with van der Waals surface area (Å²) in [5, 5.41) is 4.13. The van der Waals surface area contributed by atoms with Crippen molar-refractivity contribution in [2.75, 3.05) is 5.32 Å². The fourth-order valence-corrected chi connectivity index (χ4v) is 2.47. The molecule has 0 atom stereocenters. The van der Waals surface area contributed by atoms with Gasteiger partial charge in [0.1, 0.15) is 0 Å². The average Bonchev–Trinajstić information content (AvgIpc) is 2.49. The third-order valence-corrected chi connectivity index (χ3v) is 3.54. The maximum atomic E-state index is 13.8. The molecule has 0 radical (unpaired) electrons. The summed E-state index contributed by atoms with van der Waals surface area (Å²) in [6.45, 7) is 0.284. The molecular weight excluding hydrogens is 310 g/mol. The quantitative estimate of drug-likeness (QED) is 0.764. The Morgan fingerprint density at radius 3 is 2.73 bits per heavy atom. The third kappa shape index (κ3) is 2.80. The summed E-state index contributed by atoms with van der Waals surface area (Å²) < 4.78 is 27.1. The van der Waals surface area contributed by atoms with E-state index in [4.69, 9.17) is 11.6 Å². The van der Waals surface area contributed by atoms with Crippen LogP contribution in [0, 0.1) is 11.6 Å². The molecule has 0 saturated heterocycles. The van der Waals surface area contributed by atoms with Crippen LogP contribution in [0.1, 0.15) is 5.56 Å². The van der Waals surface area contributed by atoms with Gasteiger partial charge in [-0.3, -0.25) is 4.79 Å². The molecule has 0 aliphatic carbocycles. The molecule has 2 aromatic carbocycles. The average molecular weight is 321 g/mol. The van der Waals surface area contributed by atoms with E-state index in [1.807, 2.05) is 6.07 Å². The molecule has 22 heavy (non-hydrogen) atoms. The van der Waals surface area contributed by atoms with Gasteiger partial charge < -0.3 is 10.3 Å². The van der Waals surface area contributed by atoms with E-state index in [9.17, 15) is 13.6 Å². The molecule has 0 amide bonds. The fraction of sp³-hybridized carbons (Fsp3) is 0.0625. The zero-order valence-corrected chi connectivity index (χ0v) is 12.0. The fourth-order valence-electron chi connectivity index (χ4n) is 2.28. The van der Waals surface area contributed by atoms with Crippen molar-refractivity contribution >= 4 is 28.2 Å². The highest BCUT2D eigenvalue weighted by Gasteiger charge is 2.11. The Kier molecular flexibility index (Phi) is 3.81. The van der Waals surface area contributed by atoms with Gasteiger partial charge >= 0.3 is 0 Å². The Balaban J connectivity index is 2.00. The first-order chi connectivity index (χ1) is 10.5. The Bertz CT molecular complexity index is 908. The Labute approximate surface area is 129 Å². The number of aromatic amines is 1. The highest BCUT2D eigenvalue weighted by molar-refractivity contribution is 6.30. The summed E-state index contributed by atoms with van der Waals surface area (Å²) in [5.41, 5.74) is 0.719. The second-order valence-corrected chi connectivity index (χ2v) is 5.24. The van der Waals surface area contributed by atoms with Crippen molar-refractivity contribution in [3.05, 3.63) is 75.0 Å². The van der Waals surface area contributed by atoms with Crippen molar-refractivity contribution in [1.82, 2.24) is 4.98 Å². The van der Waals surface area contributed by atoms with E-state index in [1.54, 1.807) is 18.2 Å². The van der Waals surface area contributed by atoms with Gasteiger partial charge in [-0.05, 0) is 35.9 Å². The molecule has 0 spiro atoms. The number of fused-ring (bicyclic) bond motifs is 1. The monoisotopic (exact) mass is 320 g/mol. The standard InChI is InChI=1S/C16H11ClF2N2O/c17-10-2-1-3-11(7-10)20-8-9-6-14(22)21-16-12(9)4-5-13(18)15(16)19/h1-7,20H,8H2,(H,21,22). The second kappa shape index (κ2) is 5.77. The van der Waals surface area contributed by atoms with E-state index in [1.165, 1.54) is 12.1 Å². The van der Waals surface area contributed by atoms with Crippen molar-refractivity contribution in [3.8, 4) is 0 Å². The van der Waals surface area contributed by atoms with E-state index in [0.29, 0.717) is 16.0 Å². The molecule has 6 heteroatoms. The van der Waals surface area contributed by atoms with E-state index in [2.05, 4.69) is 10.3 Å². The molecule has 3 nitrogen and oxygen atoms in total. The third-order valence-electron chi connectivity index (χ3n) is 3.30. The lowest BCUT2D eigenvalue weighted by Crippen LogP contribution is -2.11. The van der Waals surface area contributed by atoms with Crippen LogP contribution in [0.15, 0.2) is 47.3 Å². The predicted molar refractivity (Wildman–Crippen MR) is 83.3 cm³/mol. The smallest absolute Gasteiger partial charge is 0.248 e. The van der Waals surface area contributed by atoms with Gasteiger partial charge in [0, 0.05) is 28.7 Å². The van der Waals surface area contributed by atoms with Gasteiger partial charge in [-0.1, -0.05) is 17.7 Å². The number of hydrogen-bond donors (Lipinski definition) is 2. The molecule has 0 saturated carbocycles. The first-order valence-electron chi connectivity index (χ1n) is 6.54. The van der Waals surface area contributed by atoms with Gasteiger partial charge in [0.25, 0.3) is 0 Å². The predicted octanol–water partition coefficient (Wildman–Crippen LogP) is 4.07. The maximum Gasteiger partial charge on any atom is 0.248 e. The van der Waals surface area contributed by atoms with E-state index < -0.39 is 17.2 Å². The van der Waals surface area contributed by atoms with E-state index in [-0.39, 0.29) is 12.1 Å². The van der Waals surface area contributed by atoms with Crippen LogP contribution in [0.3, 0.4) is 0 Å². The summed E-state index contributed by atoms with van der Waals surface area (Å²) in [7, 11) is 0. The van der Waals surface area contributed by atoms with Crippen LogP contribution in [0.25, 0.3) is 10.9 Å². The molecule has 3 aromatic rings. The number of pyridine rings is 1. The lowest BCUT2D eigenvalue weighted by molar-refractivity contribution is 0.515. The van der Waals surface area contributed by atoms with Gasteiger partial charge in [-0.2, -0.15) is 0 Å². The largest absolute Gasteiger partial charge is 0.381 e. The van der Waals surface area contributed by atoms with Gasteiger partial charge in [0.2, 0.25) is 5.56 Å². The number of hydrogen-bond acceptors (Lipinski definition) is 2. The Hall–Kier alpha value is -2.40. The molecule has 1 heterocycles. The topological polar surface area (TPSA) is 44.9 Å². The minimum absolute atomic E-state index is 0.129.